The minimum atomic E-state index is -0.0187. The van der Waals surface area contributed by atoms with Crippen LogP contribution in [0.4, 0.5) is 0 Å². The summed E-state index contributed by atoms with van der Waals surface area (Å²) in [5, 5.41) is 4.14. The first-order valence-corrected chi connectivity index (χ1v) is 10.3. The third-order valence-electron chi connectivity index (χ3n) is 4.65. The molecule has 0 bridgehead atoms. The molecule has 1 N–H and O–H groups in total. The van der Waals surface area contributed by atoms with Gasteiger partial charge in [-0.15, -0.1) is 11.3 Å². The van der Waals surface area contributed by atoms with Crippen molar-refractivity contribution in [3.63, 3.8) is 0 Å². The molecule has 26 heavy (non-hydrogen) atoms. The Balaban J connectivity index is 2.02. The van der Waals surface area contributed by atoms with Gasteiger partial charge in [-0.3, -0.25) is 9.69 Å². The first kappa shape index (κ1) is 20.6. The summed E-state index contributed by atoms with van der Waals surface area (Å²) in [6.45, 7) is 9.89. The summed E-state index contributed by atoms with van der Waals surface area (Å²) < 4.78 is 0. The van der Waals surface area contributed by atoms with Crippen LogP contribution in [-0.2, 0) is 19.5 Å². The van der Waals surface area contributed by atoms with E-state index in [0.29, 0.717) is 12.6 Å². The molecule has 0 unspecified atom stereocenters. The van der Waals surface area contributed by atoms with Crippen LogP contribution in [0.5, 0.6) is 0 Å². The number of nitrogens with one attached hydrogen (secondary N) is 1. The normalized spacial score (nSPS) is 11.3. The minimum Gasteiger partial charge on any atom is -0.347 e. The molecule has 1 aromatic carbocycles. The molecule has 142 valence electrons. The Morgan fingerprint density at radius 3 is 2.62 bits per heavy atom. The zero-order chi connectivity index (χ0) is 19.1. The van der Waals surface area contributed by atoms with Gasteiger partial charge < -0.3 is 5.32 Å². The molecule has 0 aliphatic heterocycles. The SMILES string of the molecule is CCCCc1nc(C)c(C(=O)NCc2ccccc2CN(C)C(C)C)s1. The molecule has 1 heterocycles. The third-order valence-corrected chi connectivity index (χ3v) is 5.87. The van der Waals surface area contributed by atoms with Crippen molar-refractivity contribution in [3.8, 4) is 0 Å². The van der Waals surface area contributed by atoms with E-state index in [2.05, 4.69) is 61.2 Å². The van der Waals surface area contributed by atoms with Crippen LogP contribution >= 0.6 is 11.3 Å². The van der Waals surface area contributed by atoms with Crippen molar-refractivity contribution in [2.45, 2.75) is 66.1 Å². The van der Waals surface area contributed by atoms with Gasteiger partial charge in [-0.25, -0.2) is 4.98 Å². The summed E-state index contributed by atoms with van der Waals surface area (Å²) in [5.74, 6) is -0.0187. The second kappa shape index (κ2) is 9.83. The fourth-order valence-electron chi connectivity index (χ4n) is 2.69. The maximum atomic E-state index is 12.6. The number of rotatable bonds is 9. The largest absolute Gasteiger partial charge is 0.347 e. The van der Waals surface area contributed by atoms with Crippen molar-refractivity contribution in [2.24, 2.45) is 0 Å². The zero-order valence-corrected chi connectivity index (χ0v) is 17.4. The number of aromatic nitrogens is 1. The topological polar surface area (TPSA) is 45.2 Å². The van der Waals surface area contributed by atoms with E-state index in [1.54, 1.807) is 0 Å². The number of hydrogen-bond donors (Lipinski definition) is 1. The van der Waals surface area contributed by atoms with Crippen molar-refractivity contribution < 1.29 is 4.79 Å². The number of nitrogens with zero attached hydrogens (tertiary/aromatic N) is 2. The van der Waals surface area contributed by atoms with Gasteiger partial charge in [0.05, 0.1) is 10.7 Å². The van der Waals surface area contributed by atoms with Gasteiger partial charge in [-0.05, 0) is 51.8 Å². The fraction of sp³-hybridized carbons (Fsp3) is 0.524. The van der Waals surface area contributed by atoms with E-state index in [9.17, 15) is 4.79 Å². The predicted molar refractivity (Wildman–Crippen MR) is 110 cm³/mol. The van der Waals surface area contributed by atoms with Crippen LogP contribution in [0.3, 0.4) is 0 Å². The van der Waals surface area contributed by atoms with Crippen molar-refractivity contribution in [3.05, 3.63) is 51.0 Å². The molecule has 0 radical (unpaired) electrons. The molecule has 1 aromatic heterocycles. The molecule has 2 rings (SSSR count). The van der Waals surface area contributed by atoms with Crippen LogP contribution < -0.4 is 5.32 Å². The number of aryl methyl sites for hydroxylation is 2. The van der Waals surface area contributed by atoms with Gasteiger partial charge in [0.15, 0.2) is 0 Å². The molecule has 0 atom stereocenters. The van der Waals surface area contributed by atoms with Crippen LogP contribution in [0.25, 0.3) is 0 Å². The Morgan fingerprint density at radius 1 is 1.27 bits per heavy atom. The van der Waals surface area contributed by atoms with Crippen molar-refractivity contribution >= 4 is 17.2 Å². The van der Waals surface area contributed by atoms with Crippen molar-refractivity contribution in [2.75, 3.05) is 7.05 Å². The lowest BCUT2D eigenvalue weighted by Crippen LogP contribution is -2.27. The van der Waals surface area contributed by atoms with E-state index in [0.717, 1.165) is 41.4 Å². The maximum absolute atomic E-state index is 12.6. The number of thiazole rings is 1. The number of carbonyl (C=O) groups excluding carboxylic acids is 1. The van der Waals surface area contributed by atoms with E-state index >= 15 is 0 Å². The van der Waals surface area contributed by atoms with Gasteiger partial charge in [-0.2, -0.15) is 0 Å². The first-order valence-electron chi connectivity index (χ1n) is 9.43. The monoisotopic (exact) mass is 373 g/mol. The molecular weight excluding hydrogens is 342 g/mol. The fourth-order valence-corrected chi connectivity index (χ4v) is 3.71. The standard InChI is InChI=1S/C21H31N3OS/c1-6-7-12-19-23-16(4)20(26-19)21(25)22-13-17-10-8-9-11-18(17)14-24(5)15(2)3/h8-11,15H,6-7,12-14H2,1-5H3,(H,22,25). The predicted octanol–water partition coefficient (Wildman–Crippen LogP) is 4.56. The molecule has 0 fully saturated rings. The summed E-state index contributed by atoms with van der Waals surface area (Å²) >= 11 is 1.53. The molecule has 0 saturated heterocycles. The summed E-state index contributed by atoms with van der Waals surface area (Å²) in [6, 6.07) is 8.81. The molecule has 1 amide bonds. The quantitative estimate of drug-likeness (QED) is 0.700. The van der Waals surface area contributed by atoms with E-state index < -0.39 is 0 Å². The van der Waals surface area contributed by atoms with Gasteiger partial charge >= 0.3 is 0 Å². The Morgan fingerprint density at radius 2 is 1.96 bits per heavy atom. The van der Waals surface area contributed by atoms with Crippen LogP contribution in [0.15, 0.2) is 24.3 Å². The average Bonchev–Trinajstić information content (AvgIpc) is 2.99. The van der Waals surface area contributed by atoms with Gasteiger partial charge in [0.25, 0.3) is 5.91 Å². The zero-order valence-electron chi connectivity index (χ0n) is 16.6. The van der Waals surface area contributed by atoms with E-state index in [4.69, 9.17) is 0 Å². The van der Waals surface area contributed by atoms with Gasteiger partial charge in [-0.1, -0.05) is 37.6 Å². The van der Waals surface area contributed by atoms with Gasteiger partial charge in [0, 0.05) is 19.1 Å². The highest BCUT2D eigenvalue weighted by Gasteiger charge is 2.15. The smallest absolute Gasteiger partial charge is 0.263 e. The van der Waals surface area contributed by atoms with Crippen LogP contribution in [0, 0.1) is 6.92 Å². The molecule has 0 spiro atoms. The van der Waals surface area contributed by atoms with Gasteiger partial charge in [0.1, 0.15) is 4.88 Å². The number of carbonyl (C=O) groups is 1. The Kier molecular flexibility index (Phi) is 7.79. The number of unbranched alkanes of at least 4 members (excludes halogenated alkanes) is 1. The Hall–Kier alpha value is -1.72. The van der Waals surface area contributed by atoms with Crippen molar-refractivity contribution in [1.82, 2.24) is 15.2 Å². The lowest BCUT2D eigenvalue weighted by molar-refractivity contribution is 0.0954. The molecule has 0 aliphatic carbocycles. The summed E-state index contributed by atoms with van der Waals surface area (Å²) in [6.07, 6.45) is 3.21. The van der Waals surface area contributed by atoms with E-state index in [1.165, 1.54) is 22.5 Å². The molecule has 0 aliphatic rings. The van der Waals surface area contributed by atoms with Crippen LogP contribution in [0.1, 0.15) is 65.1 Å². The summed E-state index contributed by atoms with van der Waals surface area (Å²) in [7, 11) is 2.12. The van der Waals surface area contributed by atoms with Crippen molar-refractivity contribution in [1.29, 1.82) is 0 Å². The van der Waals surface area contributed by atoms with E-state index in [1.807, 2.05) is 13.0 Å². The second-order valence-corrected chi connectivity index (χ2v) is 8.17. The van der Waals surface area contributed by atoms with Crippen LogP contribution in [0.2, 0.25) is 0 Å². The Labute approximate surface area is 161 Å². The van der Waals surface area contributed by atoms with Gasteiger partial charge in [0.2, 0.25) is 0 Å². The number of amides is 1. The Bertz CT molecular complexity index is 724. The molecular formula is C21H31N3OS. The van der Waals surface area contributed by atoms with E-state index in [-0.39, 0.29) is 5.91 Å². The summed E-state index contributed by atoms with van der Waals surface area (Å²) in [5.41, 5.74) is 3.27. The minimum absolute atomic E-state index is 0.0187. The number of benzene rings is 1. The summed E-state index contributed by atoms with van der Waals surface area (Å²) in [4.78, 5) is 20.2. The second-order valence-electron chi connectivity index (χ2n) is 7.09. The molecule has 5 heteroatoms. The maximum Gasteiger partial charge on any atom is 0.263 e. The first-order chi connectivity index (χ1) is 12.4. The highest BCUT2D eigenvalue weighted by molar-refractivity contribution is 7.13. The lowest BCUT2D eigenvalue weighted by atomic mass is 10.1. The molecule has 2 aromatic rings. The average molecular weight is 374 g/mol. The van der Waals surface area contributed by atoms with Crippen LogP contribution in [-0.4, -0.2) is 28.9 Å². The molecule has 4 nitrogen and oxygen atoms in total. The lowest BCUT2D eigenvalue weighted by Gasteiger charge is -2.22. The number of hydrogen-bond acceptors (Lipinski definition) is 4. The highest BCUT2D eigenvalue weighted by atomic mass is 32.1. The highest BCUT2D eigenvalue weighted by Crippen LogP contribution is 2.20. The molecule has 0 saturated carbocycles. The third kappa shape index (κ3) is 5.64.